The third-order valence-corrected chi connectivity index (χ3v) is 6.69. The Bertz CT molecular complexity index is 1170. The van der Waals surface area contributed by atoms with Gasteiger partial charge in [-0.15, -0.1) is 0 Å². The highest BCUT2D eigenvalue weighted by Gasteiger charge is 2.45. The number of benzene rings is 2. The minimum absolute atomic E-state index is 0.0595. The van der Waals surface area contributed by atoms with Gasteiger partial charge in [0.1, 0.15) is 31.3 Å². The van der Waals surface area contributed by atoms with Crippen molar-refractivity contribution >= 4 is 17.4 Å². The van der Waals surface area contributed by atoms with Crippen LogP contribution in [0.15, 0.2) is 60.7 Å². The molecule has 8 nitrogen and oxygen atoms in total. The van der Waals surface area contributed by atoms with Crippen molar-refractivity contribution < 1.29 is 28.9 Å². The Kier molecular flexibility index (Phi) is 8.50. The molecule has 1 unspecified atom stereocenters. The molecule has 2 aliphatic heterocycles. The van der Waals surface area contributed by atoms with E-state index >= 15 is 0 Å². The number of aliphatic hydroxyl groups is 1. The number of ketones is 1. The first-order valence-corrected chi connectivity index (χ1v) is 12.7. The number of ether oxygens (including phenoxy) is 3. The summed E-state index contributed by atoms with van der Waals surface area (Å²) >= 11 is 0. The predicted octanol–water partition coefficient (Wildman–Crippen LogP) is 4.18. The normalized spacial score (nSPS) is 18.4. The van der Waals surface area contributed by atoms with Gasteiger partial charge in [0.05, 0.1) is 11.6 Å². The standard InChI is InChI=1S/C29H34N2O6/c1-4-16-35-22-11-8-20(9-12-22)26-25(27(32)21-10-13-23-24(19-21)37-18-17-36-23)28(33)29(34)31(26)15-7-14-30(5-2)6-3/h4,8-13,19,26,32H,1,5-7,14-18H2,2-3H3/b27-25-. The highest BCUT2D eigenvalue weighted by molar-refractivity contribution is 6.46. The van der Waals surface area contributed by atoms with E-state index in [1.807, 2.05) is 12.1 Å². The molecule has 1 saturated heterocycles. The number of nitrogens with zero attached hydrogens (tertiary/aromatic N) is 2. The predicted molar refractivity (Wildman–Crippen MR) is 141 cm³/mol. The molecule has 0 saturated carbocycles. The zero-order valence-corrected chi connectivity index (χ0v) is 21.4. The zero-order chi connectivity index (χ0) is 26.4. The number of Topliss-reactive ketones (excluding diaryl/α,β-unsaturated/α-hetero) is 1. The topological polar surface area (TPSA) is 88.5 Å². The van der Waals surface area contributed by atoms with Gasteiger partial charge in [0.25, 0.3) is 11.7 Å². The molecule has 2 aliphatic rings. The van der Waals surface area contributed by atoms with Crippen molar-refractivity contribution in [2.45, 2.75) is 26.3 Å². The third kappa shape index (κ3) is 5.64. The van der Waals surface area contributed by atoms with Crippen LogP contribution in [-0.2, 0) is 9.59 Å². The number of likely N-dealkylation sites (tertiary alicyclic amines) is 1. The Morgan fingerprint density at radius 2 is 1.81 bits per heavy atom. The second-order valence-corrected chi connectivity index (χ2v) is 8.90. The minimum atomic E-state index is -0.724. The average Bonchev–Trinajstić information content (AvgIpc) is 3.18. The molecule has 196 valence electrons. The molecule has 2 heterocycles. The number of hydrogen-bond donors (Lipinski definition) is 1. The maximum atomic E-state index is 13.3. The first-order chi connectivity index (χ1) is 18.0. The lowest BCUT2D eigenvalue weighted by Gasteiger charge is -2.27. The molecular weight excluding hydrogens is 472 g/mol. The van der Waals surface area contributed by atoms with E-state index < -0.39 is 17.7 Å². The molecule has 1 amide bonds. The van der Waals surface area contributed by atoms with Crippen LogP contribution in [0.4, 0.5) is 0 Å². The largest absolute Gasteiger partial charge is 0.507 e. The van der Waals surface area contributed by atoms with Crippen molar-refractivity contribution in [2.24, 2.45) is 0 Å². The van der Waals surface area contributed by atoms with Crippen molar-refractivity contribution in [3.8, 4) is 17.2 Å². The summed E-state index contributed by atoms with van der Waals surface area (Å²) in [6.07, 6.45) is 2.36. The second-order valence-electron chi connectivity index (χ2n) is 8.90. The first kappa shape index (κ1) is 26.3. The Hall–Kier alpha value is -3.78. The lowest BCUT2D eigenvalue weighted by atomic mass is 9.95. The molecule has 37 heavy (non-hydrogen) atoms. The van der Waals surface area contributed by atoms with Crippen molar-refractivity contribution in [2.75, 3.05) is 46.0 Å². The summed E-state index contributed by atoms with van der Waals surface area (Å²) in [6, 6.07) is 11.5. The van der Waals surface area contributed by atoms with Crippen LogP contribution < -0.4 is 14.2 Å². The smallest absolute Gasteiger partial charge is 0.295 e. The van der Waals surface area contributed by atoms with Gasteiger partial charge in [-0.2, -0.15) is 0 Å². The van der Waals surface area contributed by atoms with Gasteiger partial charge in [0.2, 0.25) is 0 Å². The quantitative estimate of drug-likeness (QED) is 0.212. The Morgan fingerprint density at radius 3 is 2.49 bits per heavy atom. The van der Waals surface area contributed by atoms with Crippen LogP contribution in [0.1, 0.15) is 37.4 Å². The highest BCUT2D eigenvalue weighted by atomic mass is 16.6. The number of amides is 1. The fourth-order valence-corrected chi connectivity index (χ4v) is 4.71. The van der Waals surface area contributed by atoms with Crippen molar-refractivity contribution in [3.63, 3.8) is 0 Å². The monoisotopic (exact) mass is 506 g/mol. The second kappa shape index (κ2) is 12.0. The number of carbonyl (C=O) groups excluding carboxylic acids is 2. The van der Waals surface area contributed by atoms with E-state index in [9.17, 15) is 14.7 Å². The summed E-state index contributed by atoms with van der Waals surface area (Å²) < 4.78 is 16.8. The molecule has 1 atom stereocenters. The molecule has 1 N–H and O–H groups in total. The zero-order valence-electron chi connectivity index (χ0n) is 21.4. The Labute approximate surface area is 217 Å². The summed E-state index contributed by atoms with van der Waals surface area (Å²) in [5.41, 5.74) is 1.16. The van der Waals surface area contributed by atoms with E-state index in [1.165, 1.54) is 0 Å². The van der Waals surface area contributed by atoms with Gasteiger partial charge in [-0.1, -0.05) is 38.6 Å². The number of carbonyl (C=O) groups is 2. The number of hydrogen-bond acceptors (Lipinski definition) is 7. The van der Waals surface area contributed by atoms with E-state index in [0.29, 0.717) is 61.2 Å². The van der Waals surface area contributed by atoms with Gasteiger partial charge in [0.15, 0.2) is 11.5 Å². The van der Waals surface area contributed by atoms with E-state index in [2.05, 4.69) is 25.3 Å². The maximum Gasteiger partial charge on any atom is 0.295 e. The Morgan fingerprint density at radius 1 is 1.11 bits per heavy atom. The highest BCUT2D eigenvalue weighted by Crippen LogP contribution is 2.41. The first-order valence-electron chi connectivity index (χ1n) is 12.7. The molecule has 8 heteroatoms. The molecule has 2 aromatic rings. The van der Waals surface area contributed by atoms with Crippen LogP contribution >= 0.6 is 0 Å². The van der Waals surface area contributed by atoms with Gasteiger partial charge in [-0.05, 0) is 62.0 Å². The summed E-state index contributed by atoms with van der Waals surface area (Å²) in [6.45, 7) is 12.1. The fourth-order valence-electron chi connectivity index (χ4n) is 4.71. The lowest BCUT2D eigenvalue weighted by molar-refractivity contribution is -0.140. The molecular formula is C29H34N2O6. The van der Waals surface area contributed by atoms with Crippen LogP contribution in [0.5, 0.6) is 17.2 Å². The number of aliphatic hydroxyl groups excluding tert-OH is 1. The molecule has 0 aliphatic carbocycles. The SMILES string of the molecule is C=CCOc1ccc(C2/C(=C(/O)c3ccc4c(c3)OCCO4)C(=O)C(=O)N2CCCN(CC)CC)cc1. The fraction of sp³-hybridized carbons (Fsp3) is 0.379. The van der Waals surface area contributed by atoms with Gasteiger partial charge in [-0.25, -0.2) is 0 Å². The molecule has 4 rings (SSSR count). The van der Waals surface area contributed by atoms with Crippen molar-refractivity contribution in [1.82, 2.24) is 9.80 Å². The Balaban J connectivity index is 1.71. The van der Waals surface area contributed by atoms with E-state index in [0.717, 1.165) is 19.6 Å². The average molecular weight is 507 g/mol. The van der Waals surface area contributed by atoms with E-state index in [4.69, 9.17) is 14.2 Å². The molecule has 0 spiro atoms. The maximum absolute atomic E-state index is 13.3. The van der Waals surface area contributed by atoms with Crippen LogP contribution in [0.2, 0.25) is 0 Å². The minimum Gasteiger partial charge on any atom is -0.507 e. The van der Waals surface area contributed by atoms with E-state index in [-0.39, 0.29) is 11.3 Å². The van der Waals surface area contributed by atoms with Gasteiger partial charge in [-0.3, -0.25) is 9.59 Å². The van der Waals surface area contributed by atoms with Gasteiger partial charge < -0.3 is 29.1 Å². The summed E-state index contributed by atoms with van der Waals surface area (Å²) in [7, 11) is 0. The van der Waals surface area contributed by atoms with Crippen LogP contribution in [-0.4, -0.2) is 72.6 Å². The molecule has 0 aromatic heterocycles. The van der Waals surface area contributed by atoms with Crippen LogP contribution in [0.25, 0.3) is 5.76 Å². The molecule has 2 aromatic carbocycles. The van der Waals surface area contributed by atoms with E-state index in [1.54, 1.807) is 41.3 Å². The van der Waals surface area contributed by atoms with Crippen molar-refractivity contribution in [1.29, 1.82) is 0 Å². The van der Waals surface area contributed by atoms with Gasteiger partial charge in [0, 0.05) is 12.1 Å². The summed E-state index contributed by atoms with van der Waals surface area (Å²) in [4.78, 5) is 30.4. The number of fused-ring (bicyclic) bond motifs is 1. The number of rotatable bonds is 11. The summed E-state index contributed by atoms with van der Waals surface area (Å²) in [5, 5.41) is 11.4. The lowest BCUT2D eigenvalue weighted by Crippen LogP contribution is -2.33. The van der Waals surface area contributed by atoms with Crippen molar-refractivity contribution in [3.05, 3.63) is 71.8 Å². The molecule has 1 fully saturated rings. The van der Waals surface area contributed by atoms with Gasteiger partial charge >= 0.3 is 0 Å². The third-order valence-electron chi connectivity index (χ3n) is 6.69. The molecule has 0 bridgehead atoms. The van der Waals surface area contributed by atoms with Crippen LogP contribution in [0, 0.1) is 0 Å². The molecule has 0 radical (unpaired) electrons. The van der Waals surface area contributed by atoms with Crippen LogP contribution in [0.3, 0.4) is 0 Å². The summed E-state index contributed by atoms with van der Waals surface area (Å²) in [5.74, 6) is 0.158.